The summed E-state index contributed by atoms with van der Waals surface area (Å²) in [5, 5.41) is 9.29. The number of hydrogen-bond acceptors (Lipinski definition) is 2. The molecule has 0 radical (unpaired) electrons. The molecule has 2 aromatic carbocycles. The molecule has 3 heteroatoms. The fourth-order valence-corrected chi connectivity index (χ4v) is 7.92. The number of alkyl halides is 1. The van der Waals surface area contributed by atoms with Gasteiger partial charge in [0, 0.05) is 9.34 Å². The van der Waals surface area contributed by atoms with Crippen molar-refractivity contribution in [2.45, 2.75) is 48.4 Å². The Morgan fingerprint density at radius 2 is 1.88 bits per heavy atom. The van der Waals surface area contributed by atoms with Crippen LogP contribution in [0.1, 0.15) is 43.2 Å². The summed E-state index contributed by atoms with van der Waals surface area (Å²) in [4.78, 5) is 0. The Morgan fingerprint density at radius 1 is 1.04 bits per heavy atom. The van der Waals surface area contributed by atoms with E-state index in [2.05, 4.69) is 52.8 Å². The average Bonchev–Trinajstić information content (AvgIpc) is 3.33. The molecule has 0 spiro atoms. The van der Waals surface area contributed by atoms with E-state index in [-0.39, 0.29) is 0 Å². The van der Waals surface area contributed by atoms with E-state index >= 15 is 0 Å². The Bertz CT molecular complexity index is 847. The Kier molecular flexibility index (Phi) is 4.18. The van der Waals surface area contributed by atoms with Crippen LogP contribution in [0.3, 0.4) is 0 Å². The molecule has 5 unspecified atom stereocenters. The van der Waals surface area contributed by atoms with Crippen LogP contribution in [0.4, 0.5) is 11.4 Å². The van der Waals surface area contributed by atoms with Crippen LogP contribution in [-0.2, 0) is 5.41 Å². The van der Waals surface area contributed by atoms with Crippen molar-refractivity contribution in [2.24, 2.45) is 28.0 Å². The molecule has 2 aromatic rings. The smallest absolute Gasteiger partial charge is 0.0895 e. The largest absolute Gasteiger partial charge is 0.151 e. The molecule has 5 rings (SSSR count). The summed E-state index contributed by atoms with van der Waals surface area (Å²) in [6, 6.07) is 16.9. The first kappa shape index (κ1) is 16.9. The van der Waals surface area contributed by atoms with E-state index in [1.54, 1.807) is 0 Å². The second kappa shape index (κ2) is 6.43. The zero-order valence-corrected chi connectivity index (χ0v) is 17.4. The number of benzene rings is 2. The fraction of sp³-hybridized carbons (Fsp3) is 0.478. The van der Waals surface area contributed by atoms with Crippen molar-refractivity contribution in [1.29, 1.82) is 0 Å². The van der Waals surface area contributed by atoms with E-state index in [1.807, 2.05) is 30.3 Å². The first-order valence-electron chi connectivity index (χ1n) is 9.90. The lowest BCUT2D eigenvalue weighted by atomic mass is 9.67. The van der Waals surface area contributed by atoms with Crippen LogP contribution in [0.15, 0.2) is 58.8 Å². The minimum Gasteiger partial charge on any atom is -0.151 e. The van der Waals surface area contributed by atoms with Crippen LogP contribution in [0.5, 0.6) is 0 Å². The van der Waals surface area contributed by atoms with Crippen molar-refractivity contribution in [1.82, 2.24) is 0 Å². The summed E-state index contributed by atoms with van der Waals surface area (Å²) < 4.78 is 0.733. The number of azo groups is 1. The van der Waals surface area contributed by atoms with E-state index in [9.17, 15) is 0 Å². The molecule has 5 atom stereocenters. The van der Waals surface area contributed by atoms with Gasteiger partial charge in [-0.25, -0.2) is 0 Å². The van der Waals surface area contributed by atoms with E-state index in [0.29, 0.717) is 5.41 Å². The second-order valence-electron chi connectivity index (χ2n) is 8.47. The van der Waals surface area contributed by atoms with Crippen molar-refractivity contribution in [3.05, 3.63) is 59.7 Å². The van der Waals surface area contributed by atoms with Gasteiger partial charge in [-0.15, -0.1) is 0 Å². The molecule has 26 heavy (non-hydrogen) atoms. The standard InChI is InChI=1S/C23H25IN2/c1-15-10-11-21(26-25-17-6-3-2-4-7-17)20(12-15)23-14-16(13-22(23)24)18-8-5-9-19(18)23/h2-4,6-7,10-12,16,18-19,22H,5,8-9,13-14H2,1H3. The van der Waals surface area contributed by atoms with Gasteiger partial charge in [-0.05, 0) is 74.1 Å². The predicted octanol–water partition coefficient (Wildman–Crippen LogP) is 7.29. The number of nitrogens with zero attached hydrogens (tertiary/aromatic N) is 2. The maximum absolute atomic E-state index is 4.74. The summed E-state index contributed by atoms with van der Waals surface area (Å²) in [5.41, 5.74) is 5.17. The molecule has 3 aliphatic rings. The molecule has 0 aliphatic heterocycles. The molecule has 3 saturated carbocycles. The first-order chi connectivity index (χ1) is 12.7. The third kappa shape index (κ3) is 2.49. The van der Waals surface area contributed by atoms with Gasteiger partial charge in [0.1, 0.15) is 0 Å². The van der Waals surface area contributed by atoms with Crippen LogP contribution in [0, 0.1) is 24.7 Å². The Balaban J connectivity index is 1.60. The zero-order chi connectivity index (χ0) is 17.7. The van der Waals surface area contributed by atoms with Gasteiger partial charge in [0.15, 0.2) is 0 Å². The summed E-state index contributed by atoms with van der Waals surface area (Å²) >= 11 is 2.75. The highest BCUT2D eigenvalue weighted by molar-refractivity contribution is 14.1. The van der Waals surface area contributed by atoms with E-state index < -0.39 is 0 Å². The average molecular weight is 456 g/mol. The van der Waals surface area contributed by atoms with Crippen molar-refractivity contribution >= 4 is 34.0 Å². The van der Waals surface area contributed by atoms with Crippen molar-refractivity contribution < 1.29 is 0 Å². The molecule has 0 saturated heterocycles. The fourth-order valence-electron chi connectivity index (χ4n) is 6.22. The molecular weight excluding hydrogens is 431 g/mol. The molecule has 0 heterocycles. The topological polar surface area (TPSA) is 24.7 Å². The predicted molar refractivity (Wildman–Crippen MR) is 115 cm³/mol. The Morgan fingerprint density at radius 3 is 2.73 bits per heavy atom. The molecule has 0 amide bonds. The van der Waals surface area contributed by atoms with Crippen LogP contribution < -0.4 is 0 Å². The number of fused-ring (bicyclic) bond motifs is 5. The summed E-state index contributed by atoms with van der Waals surface area (Å²) in [7, 11) is 0. The number of hydrogen-bond donors (Lipinski definition) is 0. The van der Waals surface area contributed by atoms with Crippen molar-refractivity contribution in [2.75, 3.05) is 0 Å². The zero-order valence-electron chi connectivity index (χ0n) is 15.2. The highest BCUT2D eigenvalue weighted by atomic mass is 127. The molecule has 2 nitrogen and oxygen atoms in total. The first-order valence-corrected chi connectivity index (χ1v) is 11.1. The Labute approximate surface area is 169 Å². The normalized spacial score (nSPS) is 35.3. The molecule has 0 aromatic heterocycles. The lowest BCUT2D eigenvalue weighted by Crippen LogP contribution is -2.40. The van der Waals surface area contributed by atoms with Crippen molar-refractivity contribution in [3.63, 3.8) is 0 Å². The van der Waals surface area contributed by atoms with E-state index in [1.165, 1.54) is 43.2 Å². The van der Waals surface area contributed by atoms with E-state index in [0.717, 1.165) is 33.1 Å². The maximum atomic E-state index is 4.74. The van der Waals surface area contributed by atoms with Gasteiger partial charge in [0.2, 0.25) is 0 Å². The van der Waals surface area contributed by atoms with Gasteiger partial charge in [0.05, 0.1) is 11.4 Å². The van der Waals surface area contributed by atoms with Gasteiger partial charge in [-0.3, -0.25) is 0 Å². The minimum absolute atomic E-state index is 0.323. The van der Waals surface area contributed by atoms with Crippen LogP contribution in [0.2, 0.25) is 0 Å². The van der Waals surface area contributed by atoms with Crippen LogP contribution in [-0.4, -0.2) is 3.92 Å². The lowest BCUT2D eigenvalue weighted by Gasteiger charge is -2.41. The maximum Gasteiger partial charge on any atom is 0.0895 e. The number of aryl methyl sites for hydroxylation is 1. The van der Waals surface area contributed by atoms with Gasteiger partial charge >= 0.3 is 0 Å². The summed E-state index contributed by atoms with van der Waals surface area (Å²) in [6.45, 7) is 2.22. The van der Waals surface area contributed by atoms with Gasteiger partial charge < -0.3 is 0 Å². The molecular formula is C23H25IN2. The third-order valence-corrected chi connectivity index (χ3v) is 8.81. The van der Waals surface area contributed by atoms with E-state index in [4.69, 9.17) is 5.11 Å². The number of rotatable bonds is 3. The molecule has 0 N–H and O–H groups in total. The SMILES string of the molecule is Cc1ccc(N=Nc2ccccc2)c(C23CC(CC2I)C2CCCC23)c1. The summed E-state index contributed by atoms with van der Waals surface area (Å²) in [6.07, 6.45) is 7.04. The lowest BCUT2D eigenvalue weighted by molar-refractivity contribution is 0.239. The van der Waals surface area contributed by atoms with Gasteiger partial charge in [0.25, 0.3) is 0 Å². The van der Waals surface area contributed by atoms with Gasteiger partial charge in [-0.1, -0.05) is 64.9 Å². The highest BCUT2D eigenvalue weighted by Crippen LogP contribution is 2.69. The molecule has 3 fully saturated rings. The van der Waals surface area contributed by atoms with Crippen LogP contribution >= 0.6 is 22.6 Å². The second-order valence-corrected chi connectivity index (χ2v) is 9.97. The number of halogens is 1. The molecule has 2 bridgehead atoms. The molecule has 134 valence electrons. The Hall–Kier alpha value is -1.23. The molecule has 3 aliphatic carbocycles. The quantitative estimate of drug-likeness (QED) is 0.263. The third-order valence-electron chi connectivity index (χ3n) is 7.19. The van der Waals surface area contributed by atoms with Gasteiger partial charge in [-0.2, -0.15) is 10.2 Å². The monoisotopic (exact) mass is 456 g/mol. The summed E-state index contributed by atoms with van der Waals surface area (Å²) in [5.74, 6) is 2.75. The van der Waals surface area contributed by atoms with Crippen LogP contribution in [0.25, 0.3) is 0 Å². The highest BCUT2D eigenvalue weighted by Gasteiger charge is 2.63. The van der Waals surface area contributed by atoms with Crippen molar-refractivity contribution in [3.8, 4) is 0 Å². The minimum atomic E-state index is 0.323.